The van der Waals surface area contributed by atoms with E-state index in [0.717, 1.165) is 17.7 Å². The van der Waals surface area contributed by atoms with Crippen molar-refractivity contribution >= 4 is 27.3 Å². The first-order valence-corrected chi connectivity index (χ1v) is 15.0. The van der Waals surface area contributed by atoms with E-state index >= 15 is 0 Å². The molecule has 40 heavy (non-hydrogen) atoms. The second-order valence-corrected chi connectivity index (χ2v) is 12.7. The highest BCUT2D eigenvalue weighted by Crippen LogP contribution is 2.38. The average molecular weight is 568 g/mol. The third kappa shape index (κ3) is 6.76. The molecule has 0 saturated carbocycles. The van der Waals surface area contributed by atoms with Gasteiger partial charge in [-0.1, -0.05) is 13.0 Å². The van der Waals surface area contributed by atoms with Crippen LogP contribution in [0.5, 0.6) is 5.88 Å². The topological polar surface area (TPSA) is 138 Å². The maximum Gasteiger partial charge on any atom is 0.214 e. The van der Waals surface area contributed by atoms with E-state index in [9.17, 15) is 13.2 Å². The van der Waals surface area contributed by atoms with Gasteiger partial charge in [0, 0.05) is 36.0 Å². The Morgan fingerprint density at radius 1 is 1.12 bits per heavy atom. The molecule has 1 saturated heterocycles. The van der Waals surface area contributed by atoms with Crippen LogP contribution in [-0.2, 0) is 14.6 Å². The van der Waals surface area contributed by atoms with Crippen LogP contribution in [0.4, 0.5) is 11.6 Å². The van der Waals surface area contributed by atoms with Gasteiger partial charge in [0.2, 0.25) is 15.7 Å². The molecule has 10 nitrogen and oxygen atoms in total. The van der Waals surface area contributed by atoms with Gasteiger partial charge in [0.25, 0.3) is 0 Å². The summed E-state index contributed by atoms with van der Waals surface area (Å²) < 4.78 is 37.3. The molecule has 0 aliphatic carbocycles. The van der Waals surface area contributed by atoms with Gasteiger partial charge < -0.3 is 20.1 Å². The molecule has 2 N–H and O–H groups in total. The fourth-order valence-electron chi connectivity index (χ4n) is 5.13. The molecule has 11 heteroatoms. The highest BCUT2D eigenvalue weighted by Gasteiger charge is 2.39. The monoisotopic (exact) mass is 567 g/mol. The van der Waals surface area contributed by atoms with Gasteiger partial charge in [-0.3, -0.25) is 4.79 Å². The third-order valence-electron chi connectivity index (χ3n) is 6.80. The summed E-state index contributed by atoms with van der Waals surface area (Å²) in [7, 11) is -4.02. The zero-order valence-corrected chi connectivity index (χ0v) is 24.5. The van der Waals surface area contributed by atoms with Crippen LogP contribution in [0.1, 0.15) is 50.2 Å². The number of Topliss-reactive ketones (excluding diaryl/α,β-unsaturated/α-hetero) is 1. The second-order valence-electron chi connectivity index (χ2n) is 10.8. The Morgan fingerprint density at radius 3 is 2.58 bits per heavy atom. The number of sulfone groups is 1. The van der Waals surface area contributed by atoms with Gasteiger partial charge in [0.05, 0.1) is 17.9 Å². The van der Waals surface area contributed by atoms with E-state index in [1.165, 1.54) is 18.2 Å². The first kappa shape index (κ1) is 29.4. The number of rotatable bonds is 11. The molecule has 4 heterocycles. The van der Waals surface area contributed by atoms with Gasteiger partial charge in [-0.25, -0.2) is 23.4 Å². The summed E-state index contributed by atoms with van der Waals surface area (Å²) in [4.78, 5) is 29.0. The van der Waals surface area contributed by atoms with Crippen molar-refractivity contribution in [2.45, 2.75) is 51.6 Å². The van der Waals surface area contributed by atoms with Crippen LogP contribution < -0.4 is 15.4 Å². The fourth-order valence-corrected chi connectivity index (χ4v) is 6.31. The minimum absolute atomic E-state index is 0.0712. The predicted octanol–water partition coefficient (Wildman–Crippen LogP) is 4.13. The molecule has 0 unspecified atom stereocenters. The van der Waals surface area contributed by atoms with E-state index < -0.39 is 21.4 Å². The smallest absolute Gasteiger partial charge is 0.214 e. The molecule has 1 fully saturated rings. The van der Waals surface area contributed by atoms with Crippen LogP contribution >= 0.6 is 0 Å². The molecule has 0 radical (unpaired) electrons. The zero-order valence-electron chi connectivity index (χ0n) is 23.7. The quantitative estimate of drug-likeness (QED) is 0.266. The summed E-state index contributed by atoms with van der Waals surface area (Å²) in [6.07, 6.45) is 0.907. The lowest BCUT2D eigenvalue weighted by Gasteiger charge is -2.34. The lowest BCUT2D eigenvalue weighted by molar-refractivity contribution is 0.102. The lowest BCUT2D eigenvalue weighted by atomic mass is 9.97. The largest absolute Gasteiger partial charge is 0.475 e. The molecule has 0 amide bonds. The number of nitrogens with two attached hydrogens (primary N) is 1. The molecule has 0 bridgehead atoms. The van der Waals surface area contributed by atoms with E-state index in [0.29, 0.717) is 49.7 Å². The highest BCUT2D eigenvalue weighted by atomic mass is 32.2. The number of nitrogens with zero attached hydrogens (tertiary/aromatic N) is 4. The summed E-state index contributed by atoms with van der Waals surface area (Å²) in [5.41, 5.74) is 7.81. The van der Waals surface area contributed by atoms with E-state index in [1.54, 1.807) is 18.2 Å². The van der Waals surface area contributed by atoms with Crippen molar-refractivity contribution in [3.05, 3.63) is 53.7 Å². The first-order valence-electron chi connectivity index (χ1n) is 13.4. The number of carbonyl (C=O) groups excluding carboxylic acids is 1. The van der Waals surface area contributed by atoms with Crippen molar-refractivity contribution in [1.82, 2.24) is 15.0 Å². The van der Waals surface area contributed by atoms with Gasteiger partial charge in [0.15, 0.2) is 10.8 Å². The van der Waals surface area contributed by atoms with Crippen LogP contribution in [0, 0.1) is 12.8 Å². The van der Waals surface area contributed by atoms with Crippen molar-refractivity contribution in [2.75, 3.05) is 42.8 Å². The SMILES string of the molecule is CCOCCOc1cc(-c2ccc(C(=O)CS(=O)(=O)c3cccc(N)n3)c(N3C[C@@H](C)CC3(C)C)n2)cc(C)n1. The molecule has 1 atom stereocenters. The summed E-state index contributed by atoms with van der Waals surface area (Å²) in [6, 6.07) is 11.4. The fraction of sp³-hybridized carbons (Fsp3) is 0.448. The van der Waals surface area contributed by atoms with E-state index in [4.69, 9.17) is 20.2 Å². The number of carbonyl (C=O) groups is 1. The van der Waals surface area contributed by atoms with Gasteiger partial charge in [0.1, 0.15) is 24.0 Å². The highest BCUT2D eigenvalue weighted by molar-refractivity contribution is 7.92. The molecule has 3 aromatic heterocycles. The maximum atomic E-state index is 13.6. The maximum absolute atomic E-state index is 13.6. The Hall–Kier alpha value is -3.57. The summed E-state index contributed by atoms with van der Waals surface area (Å²) >= 11 is 0. The Labute approximate surface area is 235 Å². The van der Waals surface area contributed by atoms with Gasteiger partial charge in [-0.2, -0.15) is 0 Å². The molecule has 1 aliphatic heterocycles. The number of ether oxygens (including phenoxy) is 2. The van der Waals surface area contributed by atoms with Crippen molar-refractivity contribution in [3.63, 3.8) is 0 Å². The second kappa shape index (κ2) is 11.9. The van der Waals surface area contributed by atoms with Crippen LogP contribution in [-0.4, -0.2) is 66.8 Å². The Kier molecular flexibility index (Phi) is 8.74. The molecule has 0 aromatic carbocycles. The molecule has 1 aliphatic rings. The Balaban J connectivity index is 1.73. The van der Waals surface area contributed by atoms with Crippen LogP contribution in [0.3, 0.4) is 0 Å². The summed E-state index contributed by atoms with van der Waals surface area (Å²) in [6.45, 7) is 12.3. The molecule has 3 aromatic rings. The zero-order chi connectivity index (χ0) is 29.1. The molecule has 4 rings (SSSR count). The number of aromatic nitrogens is 3. The predicted molar refractivity (Wildman–Crippen MR) is 154 cm³/mol. The molecular formula is C29H37N5O5S. The Morgan fingerprint density at radius 2 is 1.90 bits per heavy atom. The van der Waals surface area contributed by atoms with E-state index in [1.807, 2.05) is 19.9 Å². The number of anilines is 2. The van der Waals surface area contributed by atoms with Crippen molar-refractivity contribution in [2.24, 2.45) is 5.92 Å². The van der Waals surface area contributed by atoms with Gasteiger partial charge >= 0.3 is 0 Å². The number of hydrogen-bond donors (Lipinski definition) is 1. The number of ketones is 1. The van der Waals surface area contributed by atoms with Crippen LogP contribution in [0.2, 0.25) is 0 Å². The third-order valence-corrected chi connectivity index (χ3v) is 8.30. The van der Waals surface area contributed by atoms with Gasteiger partial charge in [-0.15, -0.1) is 0 Å². The van der Waals surface area contributed by atoms with Crippen molar-refractivity contribution in [3.8, 4) is 17.1 Å². The van der Waals surface area contributed by atoms with Gasteiger partial charge in [-0.05, 0) is 70.4 Å². The molecule has 0 spiro atoms. The Bertz CT molecular complexity index is 1490. The average Bonchev–Trinajstić information content (AvgIpc) is 3.17. The number of hydrogen-bond acceptors (Lipinski definition) is 10. The lowest BCUT2D eigenvalue weighted by Crippen LogP contribution is -2.40. The minimum atomic E-state index is -4.02. The normalized spacial score (nSPS) is 16.7. The summed E-state index contributed by atoms with van der Waals surface area (Å²) in [5, 5.41) is -0.230. The standard InChI is InChI=1S/C29H37N5O5S/c1-6-38-12-13-39-26-15-21(14-20(3)31-26)23-11-10-22(28(32-23)34-17-19(2)16-29(34,4)5)24(35)18-40(36,37)27-9-7-8-25(30)33-27/h7-11,14-15,19H,6,12-13,16-18H2,1-5H3,(H2,30,33)/t19-/m0/s1. The summed E-state index contributed by atoms with van der Waals surface area (Å²) in [5.74, 6) is 0.0569. The minimum Gasteiger partial charge on any atom is -0.475 e. The van der Waals surface area contributed by atoms with Crippen molar-refractivity contribution in [1.29, 1.82) is 0 Å². The number of pyridine rings is 3. The number of nitrogen functional groups attached to an aromatic ring is 1. The molecule has 214 valence electrons. The van der Waals surface area contributed by atoms with Crippen LogP contribution in [0.25, 0.3) is 11.3 Å². The number of aryl methyl sites for hydroxylation is 1. The first-order chi connectivity index (χ1) is 18.9. The van der Waals surface area contributed by atoms with E-state index in [-0.39, 0.29) is 21.9 Å². The molecular weight excluding hydrogens is 530 g/mol. The van der Waals surface area contributed by atoms with Crippen molar-refractivity contribution < 1.29 is 22.7 Å². The van der Waals surface area contributed by atoms with E-state index in [2.05, 4.69) is 35.6 Å². The van der Waals surface area contributed by atoms with Crippen LogP contribution in [0.15, 0.2) is 47.5 Å².